The molecule has 0 fully saturated rings. The monoisotopic (exact) mass is 313 g/mol. The van der Waals surface area contributed by atoms with Gasteiger partial charge in [0.15, 0.2) is 0 Å². The molecule has 0 spiro atoms. The van der Waals surface area contributed by atoms with Crippen LogP contribution in [0.25, 0.3) is 0 Å². The number of H-pyrrole nitrogens is 1. The van der Waals surface area contributed by atoms with Gasteiger partial charge in [-0.25, -0.2) is 12.1 Å². The van der Waals surface area contributed by atoms with Crippen LogP contribution < -0.4 is 0 Å². The van der Waals surface area contributed by atoms with E-state index in [1.807, 2.05) is 0 Å². The fraction of sp³-hybridized carbons (Fsp3) is 0.286. The van der Waals surface area contributed by atoms with E-state index in [9.17, 15) is 4.79 Å². The molecule has 0 aliphatic heterocycles. The van der Waals surface area contributed by atoms with E-state index in [1.165, 1.54) is 6.07 Å². The topological polar surface area (TPSA) is 32.9 Å². The summed E-state index contributed by atoms with van der Waals surface area (Å²) in [5.74, 6) is -0.572. The first-order valence-corrected chi connectivity index (χ1v) is 4.23. The molecule has 0 amide bonds. The quantitative estimate of drug-likeness (QED) is 0.482. The van der Waals surface area contributed by atoms with Gasteiger partial charge >= 0.3 is 0 Å². The Hall–Kier alpha value is 0.924. The van der Waals surface area contributed by atoms with Crippen LogP contribution in [0.1, 0.15) is 16.2 Å². The molecule has 69 valence electrons. The number of Topliss-reactive ketones (excluding diaryl/α,β-unsaturated/α-hetero) is 1. The molecule has 1 rings (SSSR count). The Kier molecular flexibility index (Phi) is 5.50. The number of hydrogen-bond donors (Lipinski definition) is 1. The summed E-state index contributed by atoms with van der Waals surface area (Å²) in [5, 5.41) is 0. The molecule has 2 nitrogen and oxygen atoms in total. The minimum Gasteiger partial charge on any atom is -0.449 e. The Bertz CT molecular complexity index is 305. The van der Waals surface area contributed by atoms with Crippen molar-refractivity contribution in [2.24, 2.45) is 0 Å². The van der Waals surface area contributed by atoms with Crippen molar-refractivity contribution >= 4 is 40.6 Å². The van der Waals surface area contributed by atoms with Crippen molar-refractivity contribution in [1.29, 1.82) is 0 Å². The van der Waals surface area contributed by atoms with Gasteiger partial charge in [-0.3, -0.25) is 0 Å². The van der Waals surface area contributed by atoms with E-state index in [0.717, 1.165) is 5.69 Å². The van der Waals surface area contributed by atoms with E-state index in [0.29, 0.717) is 0 Å². The molecule has 1 N–H and O–H groups in total. The van der Waals surface area contributed by atoms with E-state index < -0.39 is 9.58 Å². The molecule has 1 heterocycles. The summed E-state index contributed by atoms with van der Waals surface area (Å²) in [6.07, 6.45) is 0. The number of nitrogens with one attached hydrogen (secondary N) is 1. The number of aryl methyl sites for hydroxylation is 1. The van der Waals surface area contributed by atoms with Crippen LogP contribution in [0.4, 0.5) is 0 Å². The molecule has 13 heavy (non-hydrogen) atoms. The third kappa shape index (κ3) is 3.89. The van der Waals surface area contributed by atoms with Gasteiger partial charge in [0.25, 0.3) is 0 Å². The molecule has 1 radical (unpaired) electrons. The van der Waals surface area contributed by atoms with E-state index in [1.54, 1.807) is 6.92 Å². The largest absolute Gasteiger partial charge is 0.449 e. The Balaban J connectivity index is 0.00000144. The van der Waals surface area contributed by atoms with Gasteiger partial charge in [-0.1, -0.05) is 46.2 Å². The zero-order valence-electron chi connectivity index (χ0n) is 6.70. The molecule has 0 bridgehead atoms. The summed E-state index contributed by atoms with van der Waals surface area (Å²) in [6, 6.07) is 4.23. The van der Waals surface area contributed by atoms with Gasteiger partial charge in [0.1, 0.15) is 5.78 Å². The minimum absolute atomic E-state index is 0. The second-order valence-electron chi connectivity index (χ2n) is 2.28. The number of halogens is 3. The van der Waals surface area contributed by atoms with Crippen molar-refractivity contribution in [3.8, 4) is 0 Å². The van der Waals surface area contributed by atoms with Crippen LogP contribution in [0.15, 0.2) is 6.07 Å². The van der Waals surface area contributed by atoms with E-state index in [4.69, 9.17) is 34.8 Å². The average Bonchev–Trinajstić information content (AvgIpc) is 2.32. The molecule has 0 unspecified atom stereocenters. The van der Waals surface area contributed by atoms with Gasteiger partial charge in [-0.05, 0) is 6.92 Å². The molecule has 0 atom stereocenters. The molecule has 0 aliphatic carbocycles. The fourth-order valence-corrected chi connectivity index (χ4v) is 1.04. The van der Waals surface area contributed by atoms with E-state index >= 15 is 0 Å². The van der Waals surface area contributed by atoms with Crippen molar-refractivity contribution in [2.75, 3.05) is 0 Å². The minimum atomic E-state index is -1.90. The summed E-state index contributed by atoms with van der Waals surface area (Å²) in [6.45, 7) is 1.76. The summed E-state index contributed by atoms with van der Waals surface area (Å²) in [5.41, 5.74) is 0.986. The first-order valence-electron chi connectivity index (χ1n) is 3.10. The molecule has 0 aromatic carbocycles. The number of ketones is 1. The summed E-state index contributed by atoms with van der Waals surface area (Å²) in [7, 11) is 0. The Morgan fingerprint density at radius 2 is 2.08 bits per heavy atom. The predicted octanol–water partition coefficient (Wildman–Crippen LogP) is 2.67. The first kappa shape index (κ1) is 13.9. The van der Waals surface area contributed by atoms with Crippen molar-refractivity contribution in [1.82, 2.24) is 4.98 Å². The number of carbonyl (C=O) groups excluding carboxylic acids is 1. The van der Waals surface area contributed by atoms with Gasteiger partial charge < -0.3 is 9.78 Å². The Labute approximate surface area is 116 Å². The molecule has 0 aliphatic rings. The van der Waals surface area contributed by atoms with Gasteiger partial charge in [-0.2, -0.15) is 0 Å². The van der Waals surface area contributed by atoms with Crippen LogP contribution in [-0.2, 0) is 32.7 Å². The van der Waals surface area contributed by atoms with Gasteiger partial charge in [0.2, 0.25) is 3.79 Å². The standard InChI is InChI=1S/C7H5Cl3NO.Y/c1-4-2-3-5(11-4)6(12)7(8,9)10;/h3,11H,1H3;/q-1;. The fourth-order valence-electron chi connectivity index (χ4n) is 0.730. The zero-order valence-corrected chi connectivity index (χ0v) is 11.8. The molecule has 6 heteroatoms. The van der Waals surface area contributed by atoms with Crippen LogP contribution in [0.3, 0.4) is 0 Å². The zero-order chi connectivity index (χ0) is 9.35. The van der Waals surface area contributed by atoms with Gasteiger partial charge in [-0.15, -0.1) is 0 Å². The van der Waals surface area contributed by atoms with Gasteiger partial charge in [0, 0.05) is 32.7 Å². The molecular formula is C7H5Cl3NOY-. The van der Waals surface area contributed by atoms with E-state index in [-0.39, 0.29) is 38.4 Å². The maximum Gasteiger partial charge on any atom is 0.237 e. The number of alkyl halides is 3. The maximum absolute atomic E-state index is 11.2. The van der Waals surface area contributed by atoms with Crippen LogP contribution >= 0.6 is 34.8 Å². The average molecular weight is 314 g/mol. The van der Waals surface area contributed by atoms with Crippen LogP contribution in [-0.4, -0.2) is 14.6 Å². The van der Waals surface area contributed by atoms with Crippen molar-refractivity contribution in [3.05, 3.63) is 23.5 Å². The van der Waals surface area contributed by atoms with Crippen molar-refractivity contribution < 1.29 is 37.5 Å². The first-order chi connectivity index (χ1) is 5.41. The van der Waals surface area contributed by atoms with Crippen LogP contribution in [0.2, 0.25) is 0 Å². The third-order valence-electron chi connectivity index (χ3n) is 1.26. The Morgan fingerprint density at radius 3 is 2.38 bits per heavy atom. The maximum atomic E-state index is 11.2. The third-order valence-corrected chi connectivity index (χ3v) is 1.77. The normalized spacial score (nSPS) is 10.8. The number of aromatic nitrogens is 1. The number of aromatic amines is 1. The predicted molar refractivity (Wildman–Crippen MR) is 49.0 cm³/mol. The van der Waals surface area contributed by atoms with E-state index in [2.05, 4.69) is 11.1 Å². The summed E-state index contributed by atoms with van der Waals surface area (Å²) < 4.78 is -1.90. The van der Waals surface area contributed by atoms with Crippen LogP contribution in [0.5, 0.6) is 0 Å². The summed E-state index contributed by atoms with van der Waals surface area (Å²) in [4.78, 5) is 14.0. The van der Waals surface area contributed by atoms with Crippen molar-refractivity contribution in [2.45, 2.75) is 10.7 Å². The summed E-state index contributed by atoms with van der Waals surface area (Å²) >= 11 is 16.1. The molecule has 0 saturated heterocycles. The van der Waals surface area contributed by atoms with Crippen LogP contribution in [0, 0.1) is 13.0 Å². The number of carbonyl (C=O) groups is 1. The second-order valence-corrected chi connectivity index (χ2v) is 4.56. The smallest absolute Gasteiger partial charge is 0.237 e. The van der Waals surface area contributed by atoms with Gasteiger partial charge in [0.05, 0.1) is 0 Å². The molecule has 0 saturated carbocycles. The number of hydrogen-bond acceptors (Lipinski definition) is 1. The molecular weight excluding hydrogens is 309 g/mol. The molecule has 1 aromatic rings. The van der Waals surface area contributed by atoms with Crippen molar-refractivity contribution in [3.63, 3.8) is 0 Å². The Morgan fingerprint density at radius 1 is 1.54 bits per heavy atom. The SMILES string of the molecule is Cc1[c-]cc(C(=O)C(Cl)(Cl)Cl)[nH]1.[Y]. The number of rotatable bonds is 1. The second kappa shape index (κ2) is 5.13. The molecule has 1 aromatic heterocycles.